The van der Waals surface area contributed by atoms with Gasteiger partial charge in [0.1, 0.15) is 0 Å². The molecule has 0 bridgehead atoms. The van der Waals surface area contributed by atoms with Crippen LogP contribution in [-0.4, -0.2) is 59.3 Å². The lowest BCUT2D eigenvalue weighted by Gasteiger charge is -2.42. The van der Waals surface area contributed by atoms with Crippen LogP contribution in [0.5, 0.6) is 0 Å². The number of ether oxygens (including phenoxy) is 2. The van der Waals surface area contributed by atoms with Crippen molar-refractivity contribution in [3.8, 4) is 0 Å². The number of aromatic nitrogens is 1. The van der Waals surface area contributed by atoms with E-state index in [2.05, 4.69) is 42.8 Å². The molecule has 2 aliphatic heterocycles. The van der Waals surface area contributed by atoms with E-state index < -0.39 is 23.8 Å². The Labute approximate surface area is 189 Å². The first-order chi connectivity index (χ1) is 15.1. The summed E-state index contributed by atoms with van der Waals surface area (Å²) in [6, 6.07) is 10.2. The zero-order valence-electron chi connectivity index (χ0n) is 19.6. The monoisotopic (exact) mass is 439 g/mol. The molecule has 0 radical (unpaired) electrons. The standard InChI is InChI=1S/C25H33N3O4/c1-16(2)12-20(22-24(30)32-25(4,5)31-22)23(29)28-11-10-27(15-17(28)3)19-13-18-8-6-7-9-21(18)26-14-19/h6-9,13-14,16-17,20,22H,10-12,15H2,1-5H3/t17-,20+,22+/m1/s1. The Balaban J connectivity index is 1.49. The molecule has 32 heavy (non-hydrogen) atoms. The number of rotatable bonds is 5. The van der Waals surface area contributed by atoms with Gasteiger partial charge in [-0.2, -0.15) is 0 Å². The molecule has 1 aromatic carbocycles. The molecule has 0 spiro atoms. The number of esters is 1. The lowest BCUT2D eigenvalue weighted by Crippen LogP contribution is -2.57. The van der Waals surface area contributed by atoms with E-state index in [0.717, 1.165) is 16.6 Å². The molecule has 4 rings (SSSR count). The topological polar surface area (TPSA) is 72.0 Å². The fourth-order valence-corrected chi connectivity index (χ4v) is 4.75. The summed E-state index contributed by atoms with van der Waals surface area (Å²) >= 11 is 0. The molecule has 2 saturated heterocycles. The molecular formula is C25H33N3O4. The van der Waals surface area contributed by atoms with E-state index in [9.17, 15) is 9.59 Å². The van der Waals surface area contributed by atoms with Gasteiger partial charge in [0, 0.05) is 44.9 Å². The molecule has 0 saturated carbocycles. The van der Waals surface area contributed by atoms with Gasteiger partial charge in [0.2, 0.25) is 11.7 Å². The fourth-order valence-electron chi connectivity index (χ4n) is 4.75. The van der Waals surface area contributed by atoms with Crippen LogP contribution in [0.3, 0.4) is 0 Å². The number of anilines is 1. The quantitative estimate of drug-likeness (QED) is 0.663. The normalized spacial score (nSPS) is 24.1. The van der Waals surface area contributed by atoms with Gasteiger partial charge >= 0.3 is 5.97 Å². The maximum absolute atomic E-state index is 13.6. The van der Waals surface area contributed by atoms with Crippen LogP contribution in [0.4, 0.5) is 5.69 Å². The predicted molar refractivity (Wildman–Crippen MR) is 123 cm³/mol. The largest absolute Gasteiger partial charge is 0.432 e. The molecule has 7 nitrogen and oxygen atoms in total. The van der Waals surface area contributed by atoms with Crippen LogP contribution >= 0.6 is 0 Å². The third-order valence-electron chi connectivity index (χ3n) is 6.25. The summed E-state index contributed by atoms with van der Waals surface area (Å²) in [5, 5.41) is 1.10. The number of cyclic esters (lactones) is 1. The number of benzene rings is 1. The molecule has 7 heteroatoms. The third kappa shape index (κ3) is 4.58. The number of amides is 1. The van der Waals surface area contributed by atoms with Crippen molar-refractivity contribution < 1.29 is 19.1 Å². The zero-order chi connectivity index (χ0) is 23.0. The summed E-state index contributed by atoms with van der Waals surface area (Å²) in [6.07, 6.45) is 1.63. The Morgan fingerprint density at radius 2 is 2.00 bits per heavy atom. The van der Waals surface area contributed by atoms with Gasteiger partial charge < -0.3 is 19.3 Å². The minimum absolute atomic E-state index is 0.00261. The van der Waals surface area contributed by atoms with Crippen molar-refractivity contribution in [1.29, 1.82) is 0 Å². The number of fused-ring (bicyclic) bond motifs is 1. The Bertz CT molecular complexity index is 1010. The van der Waals surface area contributed by atoms with Gasteiger partial charge in [-0.15, -0.1) is 0 Å². The molecule has 2 aliphatic rings. The number of pyridine rings is 1. The molecule has 3 heterocycles. The molecule has 172 valence electrons. The first kappa shape index (κ1) is 22.5. The highest BCUT2D eigenvalue weighted by Gasteiger charge is 2.49. The van der Waals surface area contributed by atoms with Crippen molar-refractivity contribution in [3.05, 3.63) is 36.5 Å². The van der Waals surface area contributed by atoms with E-state index >= 15 is 0 Å². The number of hydrogen-bond donors (Lipinski definition) is 0. The second-order valence-electron chi connectivity index (χ2n) is 9.81. The Morgan fingerprint density at radius 3 is 2.66 bits per heavy atom. The molecule has 2 aromatic rings. The Morgan fingerprint density at radius 1 is 1.25 bits per heavy atom. The van der Waals surface area contributed by atoms with Crippen LogP contribution in [0.25, 0.3) is 10.9 Å². The highest BCUT2D eigenvalue weighted by atomic mass is 16.8. The average molecular weight is 440 g/mol. The van der Waals surface area contributed by atoms with Gasteiger partial charge in [-0.25, -0.2) is 4.79 Å². The smallest absolute Gasteiger partial charge is 0.338 e. The third-order valence-corrected chi connectivity index (χ3v) is 6.25. The van der Waals surface area contributed by atoms with Crippen LogP contribution in [0.1, 0.15) is 41.0 Å². The Hall–Kier alpha value is -2.67. The van der Waals surface area contributed by atoms with Crippen molar-refractivity contribution in [1.82, 2.24) is 9.88 Å². The van der Waals surface area contributed by atoms with Crippen LogP contribution in [-0.2, 0) is 19.1 Å². The lowest BCUT2D eigenvalue weighted by atomic mass is 9.90. The summed E-state index contributed by atoms with van der Waals surface area (Å²) in [6.45, 7) is 11.6. The molecule has 3 atom stereocenters. The van der Waals surface area contributed by atoms with Gasteiger partial charge in [0.25, 0.3) is 0 Å². The van der Waals surface area contributed by atoms with Gasteiger partial charge in [-0.05, 0) is 31.4 Å². The number of para-hydroxylation sites is 1. The van der Waals surface area contributed by atoms with Crippen LogP contribution in [0.15, 0.2) is 36.5 Å². The average Bonchev–Trinajstić information content (AvgIpc) is 3.02. The lowest BCUT2D eigenvalue weighted by molar-refractivity contribution is -0.163. The molecule has 0 aliphatic carbocycles. The van der Waals surface area contributed by atoms with Gasteiger partial charge in [-0.1, -0.05) is 32.0 Å². The highest BCUT2D eigenvalue weighted by Crippen LogP contribution is 2.33. The molecule has 2 fully saturated rings. The van der Waals surface area contributed by atoms with Crippen LogP contribution < -0.4 is 4.90 Å². The van der Waals surface area contributed by atoms with E-state index in [1.807, 2.05) is 29.3 Å². The summed E-state index contributed by atoms with van der Waals surface area (Å²) < 4.78 is 11.2. The maximum Gasteiger partial charge on any atom is 0.338 e. The number of hydrogen-bond acceptors (Lipinski definition) is 6. The van der Waals surface area contributed by atoms with Crippen molar-refractivity contribution in [2.24, 2.45) is 11.8 Å². The summed E-state index contributed by atoms with van der Waals surface area (Å²) in [5.74, 6) is -1.75. The predicted octanol–water partition coefficient (Wildman–Crippen LogP) is 3.61. The molecule has 1 amide bonds. The second-order valence-corrected chi connectivity index (χ2v) is 9.81. The van der Waals surface area contributed by atoms with Crippen molar-refractivity contribution in [2.45, 2.75) is 59.0 Å². The number of carbonyl (C=O) groups excluding carboxylic acids is 2. The van der Waals surface area contributed by atoms with E-state index in [0.29, 0.717) is 26.1 Å². The number of nitrogens with zero attached hydrogens (tertiary/aromatic N) is 3. The van der Waals surface area contributed by atoms with E-state index in [1.165, 1.54) is 0 Å². The molecular weight excluding hydrogens is 406 g/mol. The second kappa shape index (κ2) is 8.70. The van der Waals surface area contributed by atoms with Gasteiger partial charge in [0.15, 0.2) is 6.10 Å². The minimum Gasteiger partial charge on any atom is -0.432 e. The maximum atomic E-state index is 13.6. The first-order valence-corrected chi connectivity index (χ1v) is 11.5. The van der Waals surface area contributed by atoms with E-state index in [1.54, 1.807) is 13.8 Å². The van der Waals surface area contributed by atoms with E-state index in [-0.39, 0.29) is 17.9 Å². The van der Waals surface area contributed by atoms with Crippen molar-refractivity contribution in [3.63, 3.8) is 0 Å². The summed E-state index contributed by atoms with van der Waals surface area (Å²) in [4.78, 5) is 34.9. The summed E-state index contributed by atoms with van der Waals surface area (Å²) in [5.41, 5.74) is 2.03. The summed E-state index contributed by atoms with van der Waals surface area (Å²) in [7, 11) is 0. The van der Waals surface area contributed by atoms with Crippen molar-refractivity contribution >= 4 is 28.5 Å². The first-order valence-electron chi connectivity index (χ1n) is 11.5. The van der Waals surface area contributed by atoms with Gasteiger partial charge in [-0.3, -0.25) is 9.78 Å². The molecule has 0 N–H and O–H groups in total. The van der Waals surface area contributed by atoms with Crippen LogP contribution in [0, 0.1) is 11.8 Å². The van der Waals surface area contributed by atoms with Gasteiger partial charge in [0.05, 0.1) is 23.3 Å². The number of piperazine rings is 1. The SMILES string of the molecule is CC(C)C[C@H](C(=O)N1CCN(c2cnc3ccccc3c2)C[C@H]1C)[C@@H]1OC(C)(C)OC1=O. The van der Waals surface area contributed by atoms with E-state index in [4.69, 9.17) is 9.47 Å². The van der Waals surface area contributed by atoms with Crippen molar-refractivity contribution in [2.75, 3.05) is 24.5 Å². The van der Waals surface area contributed by atoms with Crippen LogP contribution in [0.2, 0.25) is 0 Å². The fraction of sp³-hybridized carbons (Fsp3) is 0.560. The molecule has 1 aromatic heterocycles. The Kier molecular flexibility index (Phi) is 6.12. The number of carbonyl (C=O) groups is 2. The highest BCUT2D eigenvalue weighted by molar-refractivity contribution is 5.88. The minimum atomic E-state index is -0.995. The zero-order valence-corrected chi connectivity index (χ0v) is 19.6. The molecule has 0 unspecified atom stereocenters.